The topological polar surface area (TPSA) is 4.93 Å². The van der Waals surface area contributed by atoms with Crippen LogP contribution in [0.3, 0.4) is 0 Å². The van der Waals surface area contributed by atoms with Gasteiger partial charge in [0.2, 0.25) is 0 Å². The van der Waals surface area contributed by atoms with Gasteiger partial charge < -0.3 is 4.57 Å². The minimum Gasteiger partial charge on any atom is -0.309 e. The lowest BCUT2D eigenvalue weighted by atomic mass is 9.41. The predicted molar refractivity (Wildman–Crippen MR) is 123 cm³/mol. The van der Waals surface area contributed by atoms with E-state index in [9.17, 15) is 0 Å². The van der Waals surface area contributed by atoms with Gasteiger partial charge in [0.1, 0.15) is 0 Å². The van der Waals surface area contributed by atoms with Crippen LogP contribution in [0.4, 0.5) is 0 Å². The van der Waals surface area contributed by atoms with E-state index >= 15 is 0 Å². The number of nitrogens with zero attached hydrogens (tertiary/aromatic N) is 1. The third-order valence-electron chi connectivity index (χ3n) is 9.41. The van der Waals surface area contributed by atoms with Crippen LogP contribution in [0.5, 0.6) is 0 Å². The molecule has 1 heteroatoms. The van der Waals surface area contributed by atoms with Gasteiger partial charge in [-0.3, -0.25) is 0 Å². The van der Waals surface area contributed by atoms with E-state index in [1.54, 1.807) is 11.1 Å². The average molecular weight is 390 g/mol. The van der Waals surface area contributed by atoms with E-state index in [1.165, 1.54) is 65.2 Å². The molecule has 0 saturated heterocycles. The molecular formula is C29H27N. The first kappa shape index (κ1) is 16.2. The highest BCUT2D eigenvalue weighted by atomic mass is 15.0. The summed E-state index contributed by atoms with van der Waals surface area (Å²) >= 11 is 0. The molecule has 4 aliphatic carbocycles. The molecule has 148 valence electrons. The molecule has 1 aromatic heterocycles. The molecule has 0 atom stereocenters. The van der Waals surface area contributed by atoms with Crippen LogP contribution in [0, 0.1) is 30.6 Å². The Morgan fingerprint density at radius 2 is 1.47 bits per heavy atom. The van der Waals surface area contributed by atoms with Gasteiger partial charge in [0.15, 0.2) is 0 Å². The van der Waals surface area contributed by atoms with Crippen LogP contribution in [0.2, 0.25) is 0 Å². The van der Waals surface area contributed by atoms with Gasteiger partial charge in [-0.05, 0) is 91.5 Å². The van der Waals surface area contributed by atoms with Crippen molar-refractivity contribution in [2.75, 3.05) is 0 Å². The first-order chi connectivity index (χ1) is 14.7. The molecule has 30 heavy (non-hydrogen) atoms. The summed E-state index contributed by atoms with van der Waals surface area (Å²) in [6, 6.07) is 23.6. The summed E-state index contributed by atoms with van der Waals surface area (Å²) in [4.78, 5) is 0. The fraction of sp³-hybridized carbons (Fsp3) is 0.379. The van der Waals surface area contributed by atoms with Crippen LogP contribution in [-0.4, -0.2) is 4.57 Å². The highest BCUT2D eigenvalue weighted by Gasteiger charge is 2.60. The van der Waals surface area contributed by atoms with Crippen molar-refractivity contribution in [2.45, 2.75) is 44.4 Å². The summed E-state index contributed by atoms with van der Waals surface area (Å²) < 4.78 is 2.61. The monoisotopic (exact) mass is 389 g/mol. The Hall–Kier alpha value is -2.54. The van der Waals surface area contributed by atoms with E-state index in [-0.39, 0.29) is 5.41 Å². The summed E-state index contributed by atoms with van der Waals surface area (Å²) in [6.45, 7) is 2.26. The van der Waals surface area contributed by atoms with Crippen molar-refractivity contribution >= 4 is 21.8 Å². The second kappa shape index (κ2) is 5.19. The largest absolute Gasteiger partial charge is 0.309 e. The van der Waals surface area contributed by atoms with Gasteiger partial charge >= 0.3 is 0 Å². The summed E-state index contributed by atoms with van der Waals surface area (Å²) in [7, 11) is 0. The van der Waals surface area contributed by atoms with Crippen LogP contribution in [0.1, 0.15) is 48.8 Å². The summed E-state index contributed by atoms with van der Waals surface area (Å²) in [5.74, 6) is 3.60. The lowest BCUT2D eigenvalue weighted by Crippen LogP contribution is -2.57. The molecule has 0 amide bonds. The number of fused-ring (bicyclic) bond motifs is 5. The van der Waals surface area contributed by atoms with Crippen molar-refractivity contribution in [3.05, 3.63) is 77.4 Å². The number of rotatable bonds is 0. The Labute approximate surface area is 177 Å². The Kier molecular flexibility index (Phi) is 2.80. The minimum absolute atomic E-state index is 0.223. The lowest BCUT2D eigenvalue weighted by Gasteiger charge is -2.63. The molecule has 1 aliphatic heterocycles. The van der Waals surface area contributed by atoms with Gasteiger partial charge in [-0.2, -0.15) is 0 Å². The van der Waals surface area contributed by atoms with Crippen molar-refractivity contribution < 1.29 is 0 Å². The highest BCUT2D eigenvalue weighted by Crippen LogP contribution is 2.67. The van der Waals surface area contributed by atoms with E-state index in [4.69, 9.17) is 0 Å². The van der Waals surface area contributed by atoms with E-state index in [0.29, 0.717) is 0 Å². The summed E-state index contributed by atoms with van der Waals surface area (Å²) in [5.41, 5.74) is 9.20. The van der Waals surface area contributed by atoms with Crippen LogP contribution in [0.15, 0.2) is 60.7 Å². The Morgan fingerprint density at radius 3 is 2.27 bits per heavy atom. The normalized spacial score (nSPS) is 33.0. The number of aromatic nitrogens is 1. The molecule has 1 nitrogen and oxygen atoms in total. The molecule has 0 N–H and O–H groups in total. The molecular weight excluding hydrogens is 362 g/mol. The van der Waals surface area contributed by atoms with E-state index < -0.39 is 0 Å². The lowest BCUT2D eigenvalue weighted by molar-refractivity contribution is -0.0418. The van der Waals surface area contributed by atoms with E-state index in [0.717, 1.165) is 23.7 Å². The van der Waals surface area contributed by atoms with E-state index in [2.05, 4.69) is 72.2 Å². The van der Waals surface area contributed by atoms with Gasteiger partial charge in [0.25, 0.3) is 0 Å². The molecule has 2 heterocycles. The zero-order valence-electron chi connectivity index (χ0n) is 17.6. The van der Waals surface area contributed by atoms with Crippen molar-refractivity contribution in [1.82, 2.24) is 4.57 Å². The number of aryl methyl sites for hydroxylation is 1. The maximum atomic E-state index is 2.61. The SMILES string of the molecule is Cc1ccc2c(c1)-n1c3ccccc3c3cccc(c31)C21C2CC3CC(C2)CC1C3. The van der Waals surface area contributed by atoms with Crippen LogP contribution < -0.4 is 0 Å². The third kappa shape index (κ3) is 1.67. The summed E-state index contributed by atoms with van der Waals surface area (Å²) in [5, 5.41) is 2.85. The summed E-state index contributed by atoms with van der Waals surface area (Å²) in [6.07, 6.45) is 7.27. The zero-order chi connectivity index (χ0) is 19.6. The van der Waals surface area contributed by atoms with Crippen molar-refractivity contribution in [3.63, 3.8) is 0 Å². The second-order valence-electron chi connectivity index (χ2n) is 10.7. The van der Waals surface area contributed by atoms with Gasteiger partial charge in [-0.15, -0.1) is 0 Å². The zero-order valence-corrected chi connectivity index (χ0v) is 17.6. The van der Waals surface area contributed by atoms with E-state index in [1.807, 2.05) is 0 Å². The van der Waals surface area contributed by atoms with Crippen LogP contribution in [-0.2, 0) is 5.41 Å². The maximum Gasteiger partial charge on any atom is 0.0582 e. The smallest absolute Gasteiger partial charge is 0.0582 e. The Bertz CT molecular complexity index is 1340. The number of hydrogen-bond acceptors (Lipinski definition) is 0. The molecule has 0 unspecified atom stereocenters. The fourth-order valence-electron chi connectivity index (χ4n) is 8.73. The Balaban J connectivity index is 1.59. The number of benzene rings is 3. The predicted octanol–water partition coefficient (Wildman–Crippen LogP) is 7.15. The second-order valence-corrected chi connectivity index (χ2v) is 10.7. The molecule has 4 saturated carbocycles. The third-order valence-corrected chi connectivity index (χ3v) is 9.41. The quantitative estimate of drug-likeness (QED) is 0.301. The van der Waals surface area contributed by atoms with Crippen molar-refractivity contribution in [1.29, 1.82) is 0 Å². The molecule has 4 aromatic rings. The van der Waals surface area contributed by atoms with Gasteiger partial charge in [0.05, 0.1) is 16.7 Å². The highest BCUT2D eigenvalue weighted by molar-refractivity contribution is 6.11. The first-order valence-corrected chi connectivity index (χ1v) is 11.9. The molecule has 1 spiro atoms. The average Bonchev–Trinajstić information content (AvgIpc) is 3.09. The van der Waals surface area contributed by atoms with Gasteiger partial charge in [-0.1, -0.05) is 48.5 Å². The molecule has 5 aliphatic rings. The fourth-order valence-corrected chi connectivity index (χ4v) is 8.73. The number of para-hydroxylation sites is 2. The van der Waals surface area contributed by atoms with Gasteiger partial charge in [-0.25, -0.2) is 0 Å². The van der Waals surface area contributed by atoms with Crippen LogP contribution in [0.25, 0.3) is 27.5 Å². The number of hydrogen-bond donors (Lipinski definition) is 0. The molecule has 9 rings (SSSR count). The van der Waals surface area contributed by atoms with Crippen LogP contribution >= 0.6 is 0 Å². The first-order valence-electron chi connectivity index (χ1n) is 11.9. The van der Waals surface area contributed by atoms with Crippen molar-refractivity contribution in [3.8, 4) is 5.69 Å². The van der Waals surface area contributed by atoms with Crippen molar-refractivity contribution in [2.24, 2.45) is 23.7 Å². The maximum absolute atomic E-state index is 2.61. The Morgan fingerprint density at radius 1 is 0.733 bits per heavy atom. The molecule has 4 fully saturated rings. The van der Waals surface area contributed by atoms with Gasteiger partial charge in [0, 0.05) is 16.2 Å². The minimum atomic E-state index is 0.223. The molecule has 4 bridgehead atoms. The molecule has 3 aromatic carbocycles. The molecule has 0 radical (unpaired) electrons. The standard InChI is InChI=1S/C29H27N/c1-17-9-10-24-27(11-17)30-26-8-3-2-5-22(26)23-6-4-7-25(28(23)30)29(24)20-13-18-12-19(15-20)16-21(29)14-18/h2-11,18-21H,12-16H2,1H3.